The lowest BCUT2D eigenvalue weighted by Gasteiger charge is -2.24. The normalized spacial score (nSPS) is 11.3. The Hall–Kier alpha value is -3.34. The van der Waals surface area contributed by atoms with Gasteiger partial charge in [0.1, 0.15) is 5.58 Å². The van der Waals surface area contributed by atoms with Crippen LogP contribution in [0.5, 0.6) is 0 Å². The number of aromatic carboxylic acids is 1. The number of carbonyl (C=O) groups is 1. The van der Waals surface area contributed by atoms with Gasteiger partial charge in [-0.15, -0.1) is 0 Å². The summed E-state index contributed by atoms with van der Waals surface area (Å²) >= 11 is 0. The van der Waals surface area contributed by atoms with E-state index in [1.807, 2.05) is 25.1 Å². The summed E-state index contributed by atoms with van der Waals surface area (Å²) in [5.41, 5.74) is 3.85. The molecule has 3 rings (SSSR count). The van der Waals surface area contributed by atoms with Gasteiger partial charge in [-0.05, 0) is 60.7 Å². The first-order valence-electron chi connectivity index (χ1n) is 10.8. The Morgan fingerprint density at radius 1 is 1.00 bits per heavy atom. The summed E-state index contributed by atoms with van der Waals surface area (Å²) in [5.74, 6) is -0.963. The average molecular weight is 420 g/mol. The molecule has 0 aliphatic heterocycles. The van der Waals surface area contributed by atoms with Crippen molar-refractivity contribution in [2.24, 2.45) is 0 Å². The first-order chi connectivity index (χ1) is 15.0. The molecule has 0 unspecified atom stereocenters. The van der Waals surface area contributed by atoms with Gasteiger partial charge in [-0.2, -0.15) is 0 Å². The molecule has 2 aromatic carbocycles. The molecule has 0 saturated heterocycles. The van der Waals surface area contributed by atoms with Crippen LogP contribution in [0.25, 0.3) is 23.1 Å². The minimum atomic E-state index is -0.963. The number of hydrogen-bond donors (Lipinski definition) is 1. The van der Waals surface area contributed by atoms with Crippen LogP contribution in [-0.2, 0) is 6.42 Å². The first-order valence-corrected chi connectivity index (χ1v) is 10.8. The van der Waals surface area contributed by atoms with Gasteiger partial charge in [0.05, 0.1) is 11.1 Å². The first kappa shape index (κ1) is 22.3. The van der Waals surface area contributed by atoms with Crippen molar-refractivity contribution in [2.45, 2.75) is 40.0 Å². The molecule has 0 aliphatic carbocycles. The van der Waals surface area contributed by atoms with Gasteiger partial charge in [-0.25, -0.2) is 9.59 Å². The third kappa shape index (κ3) is 5.05. The van der Waals surface area contributed by atoms with Crippen LogP contribution in [-0.4, -0.2) is 24.2 Å². The molecule has 0 atom stereocenters. The van der Waals surface area contributed by atoms with Gasteiger partial charge in [0.25, 0.3) is 0 Å². The zero-order valence-corrected chi connectivity index (χ0v) is 18.4. The summed E-state index contributed by atoms with van der Waals surface area (Å²) < 4.78 is 5.71. The average Bonchev–Trinajstić information content (AvgIpc) is 2.77. The van der Waals surface area contributed by atoms with E-state index in [-0.39, 0.29) is 11.2 Å². The number of anilines is 1. The van der Waals surface area contributed by atoms with Crippen molar-refractivity contribution in [2.75, 3.05) is 18.0 Å². The van der Waals surface area contributed by atoms with Gasteiger partial charge in [-0.1, -0.05) is 39.0 Å². The number of aryl methyl sites for hydroxylation is 1. The van der Waals surface area contributed by atoms with E-state index in [0.717, 1.165) is 48.1 Å². The maximum atomic E-state index is 12.8. The van der Waals surface area contributed by atoms with Crippen LogP contribution in [0.4, 0.5) is 5.69 Å². The maximum absolute atomic E-state index is 12.8. The molecule has 1 heterocycles. The number of fused-ring (bicyclic) bond motifs is 1. The van der Waals surface area contributed by atoms with E-state index in [0.29, 0.717) is 17.6 Å². The van der Waals surface area contributed by atoms with Gasteiger partial charge >= 0.3 is 11.6 Å². The van der Waals surface area contributed by atoms with E-state index in [1.165, 1.54) is 0 Å². The molecule has 162 valence electrons. The Kier molecular flexibility index (Phi) is 7.29. The van der Waals surface area contributed by atoms with Crippen LogP contribution < -0.4 is 10.5 Å². The predicted octanol–water partition coefficient (Wildman–Crippen LogP) is 5.85. The quantitative estimate of drug-likeness (QED) is 0.441. The molecule has 0 saturated carbocycles. The van der Waals surface area contributed by atoms with Crippen LogP contribution in [0.15, 0.2) is 51.7 Å². The summed E-state index contributed by atoms with van der Waals surface area (Å²) in [5, 5.41) is 9.97. The Labute approximate surface area is 182 Å². The van der Waals surface area contributed by atoms with Gasteiger partial charge in [0, 0.05) is 30.2 Å². The second-order valence-electron chi connectivity index (χ2n) is 7.56. The fraction of sp³-hybridized carbons (Fsp3) is 0.308. The zero-order chi connectivity index (χ0) is 22.4. The monoisotopic (exact) mass is 419 g/mol. The predicted molar refractivity (Wildman–Crippen MR) is 127 cm³/mol. The number of benzene rings is 2. The van der Waals surface area contributed by atoms with Crippen molar-refractivity contribution in [3.63, 3.8) is 0 Å². The van der Waals surface area contributed by atoms with Crippen LogP contribution >= 0.6 is 0 Å². The zero-order valence-electron chi connectivity index (χ0n) is 18.4. The van der Waals surface area contributed by atoms with Gasteiger partial charge in [0.2, 0.25) is 0 Å². The van der Waals surface area contributed by atoms with Crippen LogP contribution in [0.3, 0.4) is 0 Å². The summed E-state index contributed by atoms with van der Waals surface area (Å²) in [6, 6.07) is 12.7. The summed E-state index contributed by atoms with van der Waals surface area (Å²) in [7, 11) is 0. The summed E-state index contributed by atoms with van der Waals surface area (Å²) in [6.45, 7) is 8.28. The van der Waals surface area contributed by atoms with Crippen molar-refractivity contribution in [1.29, 1.82) is 0 Å². The molecular formula is C26H29NO4. The topological polar surface area (TPSA) is 70.8 Å². The summed E-state index contributed by atoms with van der Waals surface area (Å²) in [4.78, 5) is 26.1. The lowest BCUT2D eigenvalue weighted by Crippen LogP contribution is -2.24. The number of carboxylic acid groups (broad SMARTS) is 1. The lowest BCUT2D eigenvalue weighted by molar-refractivity contribution is 0.0697. The molecular weight excluding hydrogens is 390 g/mol. The Morgan fingerprint density at radius 2 is 1.68 bits per heavy atom. The van der Waals surface area contributed by atoms with E-state index in [1.54, 1.807) is 30.3 Å². The highest BCUT2D eigenvalue weighted by Gasteiger charge is 2.14. The Balaban J connectivity index is 2.01. The van der Waals surface area contributed by atoms with E-state index >= 15 is 0 Å². The molecule has 3 aromatic rings. The number of rotatable bonds is 9. The van der Waals surface area contributed by atoms with Crippen molar-refractivity contribution >= 4 is 34.8 Å². The molecule has 0 amide bonds. The van der Waals surface area contributed by atoms with E-state index in [4.69, 9.17) is 9.52 Å². The molecule has 0 fully saturated rings. The highest BCUT2D eigenvalue weighted by Crippen LogP contribution is 2.27. The van der Waals surface area contributed by atoms with E-state index < -0.39 is 5.97 Å². The highest BCUT2D eigenvalue weighted by atomic mass is 16.4. The highest BCUT2D eigenvalue weighted by molar-refractivity contribution is 5.89. The van der Waals surface area contributed by atoms with Gasteiger partial charge in [0.15, 0.2) is 0 Å². The van der Waals surface area contributed by atoms with Crippen LogP contribution in [0.2, 0.25) is 0 Å². The number of carboxylic acids is 1. The van der Waals surface area contributed by atoms with Crippen LogP contribution in [0.1, 0.15) is 60.7 Å². The summed E-state index contributed by atoms with van der Waals surface area (Å²) in [6.07, 6.45) is 6.38. The maximum Gasteiger partial charge on any atom is 0.343 e. The number of hydrogen-bond acceptors (Lipinski definition) is 4. The standard InChI is InChI=1S/C26H29NO4/c1-4-15-27(16-5-2)20-12-14-22-21(6-3)23(26(30)31-24(22)17-20)13-9-18-7-10-19(11-8-18)25(28)29/h7-14,17H,4-6,15-16H2,1-3H3,(H,28,29)/b13-9+. The van der Waals surface area contributed by atoms with Crippen molar-refractivity contribution < 1.29 is 14.3 Å². The lowest BCUT2D eigenvalue weighted by atomic mass is 10.0. The third-order valence-corrected chi connectivity index (χ3v) is 5.34. The van der Waals surface area contributed by atoms with Crippen molar-refractivity contribution in [3.8, 4) is 0 Å². The molecule has 0 spiro atoms. The molecule has 0 aliphatic rings. The molecule has 5 heteroatoms. The fourth-order valence-electron chi connectivity index (χ4n) is 3.84. The largest absolute Gasteiger partial charge is 0.478 e. The van der Waals surface area contributed by atoms with Crippen molar-refractivity contribution in [3.05, 3.63) is 75.1 Å². The number of nitrogens with zero attached hydrogens (tertiary/aromatic N) is 1. The Morgan fingerprint density at radius 3 is 2.26 bits per heavy atom. The fourth-order valence-corrected chi connectivity index (χ4v) is 3.84. The smallest absolute Gasteiger partial charge is 0.343 e. The minimum absolute atomic E-state index is 0.229. The molecule has 5 nitrogen and oxygen atoms in total. The molecule has 31 heavy (non-hydrogen) atoms. The second-order valence-corrected chi connectivity index (χ2v) is 7.56. The van der Waals surface area contributed by atoms with Crippen LogP contribution in [0, 0.1) is 0 Å². The molecule has 0 bridgehead atoms. The molecule has 0 radical (unpaired) electrons. The SMILES string of the molecule is CCCN(CCC)c1ccc2c(CC)c(/C=C/c3ccc(C(=O)O)cc3)c(=O)oc2c1. The second kappa shape index (κ2) is 10.1. The minimum Gasteiger partial charge on any atom is -0.478 e. The van der Waals surface area contributed by atoms with Gasteiger partial charge in [-0.3, -0.25) is 0 Å². The third-order valence-electron chi connectivity index (χ3n) is 5.34. The van der Waals surface area contributed by atoms with E-state index in [9.17, 15) is 9.59 Å². The van der Waals surface area contributed by atoms with Crippen molar-refractivity contribution in [1.82, 2.24) is 0 Å². The Bertz CT molecular complexity index is 1140. The van der Waals surface area contributed by atoms with Gasteiger partial charge < -0.3 is 14.4 Å². The molecule has 1 N–H and O–H groups in total. The van der Waals surface area contributed by atoms with E-state index in [2.05, 4.69) is 24.8 Å². The molecule has 1 aromatic heterocycles.